The second kappa shape index (κ2) is 15.9. The van der Waals surface area contributed by atoms with Crippen LogP contribution in [-0.4, -0.2) is 79.6 Å². The number of nitrogens with one attached hydrogen (secondary N) is 2. The molecule has 38 heavy (non-hydrogen) atoms. The number of hydrogen-bond acceptors (Lipinski definition) is 6. The highest BCUT2D eigenvalue weighted by atomic mass is 16.6. The maximum atomic E-state index is 13.4. The Hall–Kier alpha value is -3.23. The molecule has 8 nitrogen and oxygen atoms in total. The number of amides is 2. The monoisotopic (exact) mass is 524 g/mol. The lowest BCUT2D eigenvalue weighted by molar-refractivity contribution is -0.131. The van der Waals surface area contributed by atoms with Crippen molar-refractivity contribution in [2.24, 2.45) is 0 Å². The third kappa shape index (κ3) is 11.9. The van der Waals surface area contributed by atoms with Crippen LogP contribution in [0.5, 0.6) is 0 Å². The van der Waals surface area contributed by atoms with E-state index in [2.05, 4.69) is 46.7 Å². The van der Waals surface area contributed by atoms with Crippen molar-refractivity contribution in [3.8, 4) is 0 Å². The van der Waals surface area contributed by atoms with Crippen LogP contribution in [0.25, 0.3) is 0 Å². The molecule has 0 unspecified atom stereocenters. The van der Waals surface area contributed by atoms with E-state index < -0.39 is 11.7 Å². The zero-order chi connectivity index (χ0) is 28.0. The van der Waals surface area contributed by atoms with E-state index in [0.717, 1.165) is 24.1 Å². The summed E-state index contributed by atoms with van der Waals surface area (Å²) in [5.74, 6) is -0.279. The van der Waals surface area contributed by atoms with Crippen molar-refractivity contribution in [1.29, 1.82) is 0 Å². The molecule has 0 bridgehead atoms. The second-order valence-electron chi connectivity index (χ2n) is 10.5. The van der Waals surface area contributed by atoms with Gasteiger partial charge in [0.1, 0.15) is 5.60 Å². The summed E-state index contributed by atoms with van der Waals surface area (Å²) in [6, 6.07) is 20.2. The number of nitrogens with zero attached hydrogens (tertiary/aromatic N) is 2. The lowest BCUT2D eigenvalue weighted by Crippen LogP contribution is -2.44. The van der Waals surface area contributed by atoms with E-state index in [1.807, 2.05) is 43.4 Å². The smallest absolute Gasteiger partial charge is 0.408 e. The molecule has 0 atom stereocenters. The van der Waals surface area contributed by atoms with E-state index in [1.165, 1.54) is 0 Å². The van der Waals surface area contributed by atoms with Gasteiger partial charge in [-0.3, -0.25) is 19.8 Å². The van der Waals surface area contributed by atoms with Gasteiger partial charge in [0.15, 0.2) is 5.78 Å². The Morgan fingerprint density at radius 2 is 1.47 bits per heavy atom. The van der Waals surface area contributed by atoms with Gasteiger partial charge >= 0.3 is 6.09 Å². The van der Waals surface area contributed by atoms with Gasteiger partial charge in [0, 0.05) is 32.1 Å². The Kier molecular flexibility index (Phi) is 13.0. The number of rotatable bonds is 15. The fourth-order valence-electron chi connectivity index (χ4n) is 4.07. The van der Waals surface area contributed by atoms with Crippen LogP contribution in [0.15, 0.2) is 60.7 Å². The molecule has 2 aromatic rings. The Bertz CT molecular complexity index is 953. The first-order valence-electron chi connectivity index (χ1n) is 13.3. The van der Waals surface area contributed by atoms with E-state index in [1.54, 1.807) is 25.7 Å². The molecule has 0 fully saturated rings. The molecule has 2 aromatic carbocycles. The van der Waals surface area contributed by atoms with E-state index >= 15 is 0 Å². The minimum atomic E-state index is -0.640. The predicted molar refractivity (Wildman–Crippen MR) is 151 cm³/mol. The number of Topliss-reactive ketones (excluding diaryl/α,β-unsaturated/α-hetero) is 1. The van der Waals surface area contributed by atoms with Crippen LogP contribution in [0.3, 0.4) is 0 Å². The van der Waals surface area contributed by atoms with Gasteiger partial charge in [0.2, 0.25) is 5.91 Å². The molecule has 8 heteroatoms. The molecule has 0 aliphatic heterocycles. The number of ketones is 1. The van der Waals surface area contributed by atoms with E-state index in [-0.39, 0.29) is 43.7 Å². The number of benzene rings is 2. The maximum absolute atomic E-state index is 13.4. The Morgan fingerprint density at radius 3 is 2.00 bits per heavy atom. The summed E-state index contributed by atoms with van der Waals surface area (Å²) in [5, 5.41) is 5.74. The average molecular weight is 525 g/mol. The second-order valence-corrected chi connectivity index (χ2v) is 10.5. The van der Waals surface area contributed by atoms with Crippen LogP contribution >= 0.6 is 0 Å². The molecule has 2 rings (SSSR count). The molecule has 0 saturated heterocycles. The van der Waals surface area contributed by atoms with E-state index in [0.29, 0.717) is 13.2 Å². The van der Waals surface area contributed by atoms with Gasteiger partial charge in [0.25, 0.3) is 0 Å². The summed E-state index contributed by atoms with van der Waals surface area (Å²) in [7, 11) is 2.01. The largest absolute Gasteiger partial charge is 0.444 e. The third-order valence-corrected chi connectivity index (χ3v) is 5.91. The van der Waals surface area contributed by atoms with Crippen LogP contribution in [0.2, 0.25) is 0 Å². The lowest BCUT2D eigenvalue weighted by Gasteiger charge is -2.29. The fourth-order valence-corrected chi connectivity index (χ4v) is 4.07. The molecule has 0 saturated carbocycles. The number of carbonyl (C=O) groups is 3. The van der Waals surface area contributed by atoms with E-state index in [9.17, 15) is 14.4 Å². The average Bonchev–Trinajstić information content (AvgIpc) is 2.87. The van der Waals surface area contributed by atoms with Crippen LogP contribution in [0.1, 0.15) is 57.6 Å². The van der Waals surface area contributed by atoms with Crippen molar-refractivity contribution in [1.82, 2.24) is 20.4 Å². The summed E-state index contributed by atoms with van der Waals surface area (Å²) < 4.78 is 5.20. The number of hydrogen-bond donors (Lipinski definition) is 2. The van der Waals surface area contributed by atoms with Gasteiger partial charge in [-0.15, -0.1) is 0 Å². The highest BCUT2D eigenvalue weighted by molar-refractivity contribution is 5.85. The predicted octanol–water partition coefficient (Wildman–Crippen LogP) is 4.02. The first kappa shape index (κ1) is 31.0. The first-order chi connectivity index (χ1) is 18.1. The van der Waals surface area contributed by atoms with E-state index in [4.69, 9.17) is 4.74 Å². The van der Waals surface area contributed by atoms with Crippen LogP contribution < -0.4 is 10.6 Å². The summed E-state index contributed by atoms with van der Waals surface area (Å²) >= 11 is 0. The highest BCUT2D eigenvalue weighted by Gasteiger charge is 2.23. The van der Waals surface area contributed by atoms with Gasteiger partial charge in [-0.05, 0) is 51.9 Å². The van der Waals surface area contributed by atoms with Crippen LogP contribution in [0, 0.1) is 0 Å². The summed E-state index contributed by atoms with van der Waals surface area (Å²) in [4.78, 5) is 41.8. The van der Waals surface area contributed by atoms with Crippen LogP contribution in [0.4, 0.5) is 4.79 Å². The van der Waals surface area contributed by atoms with Crippen molar-refractivity contribution < 1.29 is 19.1 Å². The third-order valence-electron chi connectivity index (χ3n) is 5.91. The summed E-state index contributed by atoms with van der Waals surface area (Å²) in [6.07, 6.45) is 0.536. The molecule has 0 aliphatic carbocycles. The van der Waals surface area contributed by atoms with Gasteiger partial charge < -0.3 is 15.0 Å². The topological polar surface area (TPSA) is 91.0 Å². The quantitative estimate of drug-likeness (QED) is 0.342. The zero-order valence-electron chi connectivity index (χ0n) is 23.5. The fraction of sp³-hybridized carbons (Fsp3) is 0.500. The molecule has 2 amide bonds. The minimum absolute atomic E-state index is 0.0425. The molecule has 0 spiro atoms. The SMILES string of the molecule is CCCN(C)CNCC(=O)N(CCC(=O)CNC(=O)OC(C)(C)C)CC(c1ccccc1)c1ccccc1. The lowest BCUT2D eigenvalue weighted by atomic mass is 9.90. The zero-order valence-corrected chi connectivity index (χ0v) is 23.5. The van der Waals surface area contributed by atoms with Crippen LogP contribution in [-0.2, 0) is 14.3 Å². The Labute approximate surface area is 227 Å². The van der Waals surface area contributed by atoms with Gasteiger partial charge in [-0.25, -0.2) is 4.79 Å². The maximum Gasteiger partial charge on any atom is 0.408 e. The Balaban J connectivity index is 2.11. The molecule has 0 aliphatic rings. The van der Waals surface area contributed by atoms with Crippen molar-refractivity contribution >= 4 is 17.8 Å². The molecule has 0 aromatic heterocycles. The normalized spacial score (nSPS) is 11.4. The minimum Gasteiger partial charge on any atom is -0.444 e. The molecular weight excluding hydrogens is 480 g/mol. The van der Waals surface area contributed by atoms with Crippen molar-refractivity contribution in [3.63, 3.8) is 0 Å². The molecule has 0 heterocycles. The molecular formula is C30H44N4O4. The van der Waals surface area contributed by atoms with Crippen molar-refractivity contribution in [2.75, 3.05) is 46.4 Å². The number of carbonyl (C=O) groups excluding carboxylic acids is 3. The summed E-state index contributed by atoms with van der Waals surface area (Å²) in [6.45, 7) is 9.69. The first-order valence-corrected chi connectivity index (χ1v) is 13.3. The molecule has 2 N–H and O–H groups in total. The van der Waals surface area contributed by atoms with Gasteiger partial charge in [-0.1, -0.05) is 67.6 Å². The number of ether oxygens (including phenoxy) is 1. The van der Waals surface area contributed by atoms with Gasteiger partial charge in [0.05, 0.1) is 13.1 Å². The molecule has 208 valence electrons. The number of alkyl carbamates (subject to hydrolysis) is 1. The highest BCUT2D eigenvalue weighted by Crippen LogP contribution is 2.26. The van der Waals surface area contributed by atoms with Crippen molar-refractivity contribution in [3.05, 3.63) is 71.8 Å². The summed E-state index contributed by atoms with van der Waals surface area (Å²) in [5.41, 5.74) is 1.56. The van der Waals surface area contributed by atoms with Crippen molar-refractivity contribution in [2.45, 2.75) is 52.1 Å². The standard InChI is InChI=1S/C30H44N4O4/c1-6-18-33(5)23-31-21-28(36)34(19-17-26(35)20-32-29(37)38-30(2,3)4)22-27(24-13-9-7-10-14-24)25-15-11-8-12-16-25/h7-16,27,31H,6,17-23H2,1-5H3,(H,32,37). The van der Waals surface area contributed by atoms with Gasteiger partial charge in [-0.2, -0.15) is 0 Å². The Morgan fingerprint density at radius 1 is 0.895 bits per heavy atom. The molecule has 0 radical (unpaired) electrons.